The lowest BCUT2D eigenvalue weighted by Crippen LogP contribution is -2.39. The van der Waals surface area contributed by atoms with Crippen LogP contribution >= 0.6 is 23.5 Å². The SMILES string of the molecule is Cc1cccc(SC[C@@H](C)CN[C@@H]2COc3cccc(C)c3SC2)c1O. The number of nitrogens with one attached hydrogen (secondary N) is 1. The number of para-hydroxylation sites is 1. The van der Waals surface area contributed by atoms with E-state index in [1.165, 1.54) is 10.5 Å². The lowest BCUT2D eigenvalue weighted by Gasteiger charge is -2.19. The van der Waals surface area contributed by atoms with Crippen LogP contribution in [0.25, 0.3) is 0 Å². The van der Waals surface area contributed by atoms with E-state index in [0.717, 1.165) is 34.3 Å². The maximum absolute atomic E-state index is 10.1. The minimum Gasteiger partial charge on any atom is -0.507 e. The van der Waals surface area contributed by atoms with E-state index in [0.29, 0.717) is 24.3 Å². The minimum absolute atomic E-state index is 0.353. The first-order valence-corrected chi connectivity index (χ1v) is 11.0. The third kappa shape index (κ3) is 4.90. The third-order valence-electron chi connectivity index (χ3n) is 4.52. The molecule has 0 spiro atoms. The molecule has 2 N–H and O–H groups in total. The van der Waals surface area contributed by atoms with Crippen LogP contribution in [0.1, 0.15) is 18.1 Å². The first-order valence-electron chi connectivity index (χ1n) is 9.04. The fourth-order valence-electron chi connectivity index (χ4n) is 2.87. The summed E-state index contributed by atoms with van der Waals surface area (Å²) in [6.07, 6.45) is 0. The van der Waals surface area contributed by atoms with E-state index in [9.17, 15) is 5.11 Å². The van der Waals surface area contributed by atoms with E-state index in [2.05, 4.69) is 37.4 Å². The molecule has 0 saturated heterocycles. The second kappa shape index (κ2) is 9.07. The van der Waals surface area contributed by atoms with E-state index in [4.69, 9.17) is 4.74 Å². The summed E-state index contributed by atoms with van der Waals surface area (Å²) in [6.45, 7) is 7.98. The van der Waals surface area contributed by atoms with Gasteiger partial charge in [-0.25, -0.2) is 0 Å². The van der Waals surface area contributed by atoms with E-state index < -0.39 is 0 Å². The van der Waals surface area contributed by atoms with Crippen molar-refractivity contribution in [1.82, 2.24) is 5.32 Å². The summed E-state index contributed by atoms with van der Waals surface area (Å²) in [5.74, 6) is 3.94. The minimum atomic E-state index is 0.353. The molecule has 0 fully saturated rings. The number of aromatic hydroxyl groups is 1. The van der Waals surface area contributed by atoms with Gasteiger partial charge < -0.3 is 15.2 Å². The van der Waals surface area contributed by atoms with Crippen LogP contribution in [0.3, 0.4) is 0 Å². The van der Waals surface area contributed by atoms with Gasteiger partial charge in [0, 0.05) is 16.4 Å². The van der Waals surface area contributed by atoms with Crippen LogP contribution in [-0.4, -0.2) is 35.8 Å². The zero-order valence-corrected chi connectivity index (χ0v) is 17.3. The molecule has 140 valence electrons. The summed E-state index contributed by atoms with van der Waals surface area (Å²) in [4.78, 5) is 2.24. The Morgan fingerprint density at radius 2 is 2.00 bits per heavy atom. The van der Waals surface area contributed by atoms with Crippen LogP contribution in [0.2, 0.25) is 0 Å². The Labute approximate surface area is 164 Å². The first kappa shape index (κ1) is 19.5. The van der Waals surface area contributed by atoms with Crippen molar-refractivity contribution in [1.29, 1.82) is 0 Å². The number of benzene rings is 2. The summed E-state index contributed by atoms with van der Waals surface area (Å²) in [5.41, 5.74) is 2.22. The molecule has 0 amide bonds. The summed E-state index contributed by atoms with van der Waals surface area (Å²) < 4.78 is 6.01. The normalized spacial score (nSPS) is 17.9. The van der Waals surface area contributed by atoms with E-state index in [1.807, 2.05) is 36.9 Å². The maximum Gasteiger partial charge on any atom is 0.133 e. The number of aryl methyl sites for hydroxylation is 2. The van der Waals surface area contributed by atoms with Crippen molar-refractivity contribution < 1.29 is 9.84 Å². The van der Waals surface area contributed by atoms with E-state index in [-0.39, 0.29) is 0 Å². The number of phenolic OH excluding ortho intramolecular Hbond substituents is 1. The molecule has 0 radical (unpaired) electrons. The molecule has 0 aromatic heterocycles. The molecule has 3 nitrogen and oxygen atoms in total. The zero-order chi connectivity index (χ0) is 18.5. The highest BCUT2D eigenvalue weighted by atomic mass is 32.2. The molecule has 0 aliphatic carbocycles. The number of hydrogen-bond donors (Lipinski definition) is 2. The summed E-state index contributed by atoms with van der Waals surface area (Å²) in [5, 5.41) is 13.8. The molecule has 1 heterocycles. The van der Waals surface area contributed by atoms with E-state index in [1.54, 1.807) is 11.8 Å². The van der Waals surface area contributed by atoms with E-state index >= 15 is 0 Å². The van der Waals surface area contributed by atoms with Crippen molar-refractivity contribution >= 4 is 23.5 Å². The maximum atomic E-state index is 10.1. The Hall–Kier alpha value is -1.30. The number of ether oxygens (including phenoxy) is 1. The number of phenols is 1. The lowest BCUT2D eigenvalue weighted by atomic mass is 10.2. The van der Waals surface area contributed by atoms with Gasteiger partial charge in [-0.1, -0.05) is 31.2 Å². The molecular formula is C21H27NO2S2. The van der Waals surface area contributed by atoms with Gasteiger partial charge in [0.15, 0.2) is 0 Å². The van der Waals surface area contributed by atoms with Crippen molar-refractivity contribution in [2.75, 3.05) is 24.7 Å². The molecule has 26 heavy (non-hydrogen) atoms. The summed E-state index contributed by atoms with van der Waals surface area (Å²) >= 11 is 3.61. The third-order valence-corrected chi connectivity index (χ3v) is 7.28. The number of hydrogen-bond acceptors (Lipinski definition) is 5. The fourth-order valence-corrected chi connectivity index (χ4v) is 5.07. The van der Waals surface area contributed by atoms with Gasteiger partial charge in [0.1, 0.15) is 18.1 Å². The smallest absolute Gasteiger partial charge is 0.133 e. The quantitative estimate of drug-likeness (QED) is 0.689. The van der Waals surface area contributed by atoms with Crippen LogP contribution in [-0.2, 0) is 0 Å². The van der Waals surface area contributed by atoms with Gasteiger partial charge in [-0.05, 0) is 49.6 Å². The molecule has 0 unspecified atom stereocenters. The van der Waals surface area contributed by atoms with Crippen LogP contribution in [0, 0.1) is 19.8 Å². The number of thioether (sulfide) groups is 2. The molecule has 1 aliphatic heterocycles. The average molecular weight is 390 g/mol. The predicted molar refractivity (Wildman–Crippen MR) is 112 cm³/mol. The summed E-state index contributed by atoms with van der Waals surface area (Å²) in [7, 11) is 0. The number of fused-ring (bicyclic) bond motifs is 1. The molecule has 3 rings (SSSR count). The predicted octanol–water partition coefficient (Wildman–Crippen LogP) is 4.88. The Bertz CT molecular complexity index is 751. The molecule has 0 bridgehead atoms. The van der Waals surface area contributed by atoms with Crippen LogP contribution in [0.15, 0.2) is 46.2 Å². The molecule has 1 aliphatic rings. The monoisotopic (exact) mass is 389 g/mol. The molecule has 2 aromatic carbocycles. The zero-order valence-electron chi connectivity index (χ0n) is 15.6. The molecule has 2 aromatic rings. The highest BCUT2D eigenvalue weighted by molar-refractivity contribution is 7.99. The van der Waals surface area contributed by atoms with Crippen LogP contribution in [0.4, 0.5) is 0 Å². The Kier molecular flexibility index (Phi) is 6.79. The van der Waals surface area contributed by atoms with Crippen molar-refractivity contribution in [3.8, 4) is 11.5 Å². The first-order chi connectivity index (χ1) is 12.5. The average Bonchev–Trinajstić information content (AvgIpc) is 2.85. The highest BCUT2D eigenvalue weighted by Gasteiger charge is 2.19. The van der Waals surface area contributed by atoms with Crippen LogP contribution < -0.4 is 10.1 Å². The van der Waals surface area contributed by atoms with Crippen molar-refractivity contribution in [3.05, 3.63) is 47.5 Å². The number of rotatable bonds is 6. The topological polar surface area (TPSA) is 41.5 Å². The fraction of sp³-hybridized carbons (Fsp3) is 0.429. The second-order valence-corrected chi connectivity index (χ2v) is 9.06. The molecule has 2 atom stereocenters. The van der Waals surface area contributed by atoms with Crippen molar-refractivity contribution in [2.45, 2.75) is 36.6 Å². The summed E-state index contributed by atoms with van der Waals surface area (Å²) in [6, 6.07) is 12.5. The highest BCUT2D eigenvalue weighted by Crippen LogP contribution is 2.35. The molecule has 0 saturated carbocycles. The Morgan fingerprint density at radius 1 is 1.23 bits per heavy atom. The van der Waals surface area contributed by atoms with Gasteiger partial charge in [-0.15, -0.1) is 23.5 Å². The van der Waals surface area contributed by atoms with Gasteiger partial charge in [0.05, 0.1) is 10.9 Å². The molecular weight excluding hydrogens is 362 g/mol. The van der Waals surface area contributed by atoms with Crippen LogP contribution in [0.5, 0.6) is 11.5 Å². The standard InChI is InChI=1S/C21H27NO2S2/c1-14(12-25-19-9-5-6-15(2)20(19)23)10-22-17-11-24-18-8-4-7-16(3)21(18)26-13-17/h4-9,14,17,22-23H,10-13H2,1-3H3/t14-,17+/m0/s1. The Morgan fingerprint density at radius 3 is 2.85 bits per heavy atom. The largest absolute Gasteiger partial charge is 0.507 e. The lowest BCUT2D eigenvalue weighted by molar-refractivity contribution is 0.270. The molecule has 5 heteroatoms. The second-order valence-electron chi connectivity index (χ2n) is 6.97. The Balaban J connectivity index is 1.46. The van der Waals surface area contributed by atoms with Gasteiger partial charge >= 0.3 is 0 Å². The van der Waals surface area contributed by atoms with Gasteiger partial charge in [0.2, 0.25) is 0 Å². The van der Waals surface area contributed by atoms with Gasteiger partial charge in [-0.3, -0.25) is 0 Å². The van der Waals surface area contributed by atoms with Gasteiger partial charge in [-0.2, -0.15) is 0 Å². The van der Waals surface area contributed by atoms with Crippen molar-refractivity contribution in [3.63, 3.8) is 0 Å². The van der Waals surface area contributed by atoms with Gasteiger partial charge in [0.25, 0.3) is 0 Å². The van der Waals surface area contributed by atoms with Crippen molar-refractivity contribution in [2.24, 2.45) is 5.92 Å².